The zero-order chi connectivity index (χ0) is 13.1. The quantitative estimate of drug-likeness (QED) is 0.572. The van der Waals surface area contributed by atoms with Crippen LogP contribution < -0.4 is 16.8 Å². The van der Waals surface area contributed by atoms with E-state index in [-0.39, 0.29) is 0 Å². The number of nitrogens with zero attached hydrogens (tertiary/aromatic N) is 4. The van der Waals surface area contributed by atoms with Gasteiger partial charge in [0.15, 0.2) is 5.16 Å². The highest BCUT2D eigenvalue weighted by atomic mass is 79.9. The Balaban J connectivity index is 2.34. The van der Waals surface area contributed by atoms with E-state index in [0.29, 0.717) is 27.6 Å². The van der Waals surface area contributed by atoms with Crippen LogP contribution in [0.5, 0.6) is 0 Å². The molecule has 2 aromatic rings. The summed E-state index contributed by atoms with van der Waals surface area (Å²) in [6, 6.07) is 1.50. The molecule has 0 atom stereocenters. The molecule has 2 rings (SSSR count). The molecule has 0 fully saturated rings. The lowest BCUT2D eigenvalue weighted by Gasteiger charge is -2.06. The highest BCUT2D eigenvalue weighted by Gasteiger charge is 2.11. The molecule has 94 valence electrons. The minimum Gasteiger partial charge on any atom is -0.383 e. The molecule has 0 unspecified atom stereocenters. The van der Waals surface area contributed by atoms with Gasteiger partial charge >= 0.3 is 0 Å². The predicted octanol–water partition coefficient (Wildman–Crippen LogP) is 1.39. The van der Waals surface area contributed by atoms with Gasteiger partial charge in [-0.1, -0.05) is 0 Å². The van der Waals surface area contributed by atoms with Gasteiger partial charge in [0.05, 0.1) is 4.47 Å². The second-order valence-electron chi connectivity index (χ2n) is 3.19. The maximum atomic E-state index is 5.61. The molecule has 0 aliphatic rings. The summed E-state index contributed by atoms with van der Waals surface area (Å²) in [5, 5.41) is 4.06. The molecule has 0 bridgehead atoms. The molecule has 0 amide bonds. The van der Waals surface area contributed by atoms with Gasteiger partial charge in [-0.3, -0.25) is 0 Å². The smallest absolute Gasteiger partial charge is 0.197 e. The van der Waals surface area contributed by atoms with Crippen molar-refractivity contribution in [1.29, 1.82) is 0 Å². The van der Waals surface area contributed by atoms with Crippen molar-refractivity contribution >= 4 is 45.1 Å². The first-order valence-corrected chi connectivity index (χ1v) is 6.47. The number of aromatic nitrogens is 4. The van der Waals surface area contributed by atoms with Crippen LogP contribution in [0.3, 0.4) is 0 Å². The van der Waals surface area contributed by atoms with E-state index in [1.165, 1.54) is 24.2 Å². The summed E-state index contributed by atoms with van der Waals surface area (Å²) in [6.07, 6.45) is 1.45. The van der Waals surface area contributed by atoms with Crippen molar-refractivity contribution in [1.82, 2.24) is 19.9 Å². The Morgan fingerprint density at radius 3 is 2.50 bits per heavy atom. The Bertz CT molecular complexity index is 557. The number of rotatable bonds is 3. The summed E-state index contributed by atoms with van der Waals surface area (Å²) in [6.45, 7) is 0. The fourth-order valence-electron chi connectivity index (χ4n) is 1.19. The third-order valence-electron chi connectivity index (χ3n) is 1.93. The molecule has 0 aliphatic heterocycles. The van der Waals surface area contributed by atoms with Gasteiger partial charge in [0.1, 0.15) is 28.8 Å². The van der Waals surface area contributed by atoms with E-state index in [4.69, 9.17) is 11.5 Å². The lowest BCUT2D eigenvalue weighted by atomic mass is 10.5. The van der Waals surface area contributed by atoms with Crippen molar-refractivity contribution in [3.63, 3.8) is 0 Å². The van der Waals surface area contributed by atoms with Gasteiger partial charge < -0.3 is 16.8 Å². The molecule has 18 heavy (non-hydrogen) atoms. The highest BCUT2D eigenvalue weighted by Crippen LogP contribution is 2.33. The molecular weight excluding hydrogens is 318 g/mol. The number of anilines is 3. The van der Waals surface area contributed by atoms with E-state index >= 15 is 0 Å². The van der Waals surface area contributed by atoms with Crippen LogP contribution in [-0.2, 0) is 0 Å². The van der Waals surface area contributed by atoms with Crippen molar-refractivity contribution in [2.24, 2.45) is 0 Å². The second-order valence-corrected chi connectivity index (χ2v) is 4.94. The SMILES string of the molecule is CNc1ncnc(Sc2nc(N)cc(N)n2)c1Br. The first-order valence-electron chi connectivity index (χ1n) is 4.86. The molecule has 0 spiro atoms. The van der Waals surface area contributed by atoms with Crippen LogP contribution in [0, 0.1) is 0 Å². The molecule has 0 aromatic carbocycles. The minimum absolute atomic E-state index is 0.323. The summed E-state index contributed by atoms with van der Waals surface area (Å²) >= 11 is 4.66. The Hall–Kier alpha value is -1.61. The molecule has 9 heteroatoms. The summed E-state index contributed by atoms with van der Waals surface area (Å²) in [4.78, 5) is 16.4. The Morgan fingerprint density at radius 2 is 1.89 bits per heavy atom. The maximum absolute atomic E-state index is 5.61. The molecule has 0 aliphatic carbocycles. The van der Waals surface area contributed by atoms with Crippen LogP contribution in [0.4, 0.5) is 17.5 Å². The summed E-state index contributed by atoms with van der Waals surface area (Å²) in [5.74, 6) is 1.33. The van der Waals surface area contributed by atoms with Gasteiger partial charge in [-0.25, -0.2) is 19.9 Å². The Morgan fingerprint density at radius 1 is 1.22 bits per heavy atom. The van der Waals surface area contributed by atoms with E-state index in [0.717, 1.165) is 4.47 Å². The Kier molecular flexibility index (Phi) is 3.82. The van der Waals surface area contributed by atoms with Crippen molar-refractivity contribution in [2.75, 3.05) is 23.8 Å². The van der Waals surface area contributed by atoms with Crippen LogP contribution in [0.1, 0.15) is 0 Å². The first kappa shape index (κ1) is 12.8. The number of nitrogen functional groups attached to an aromatic ring is 2. The van der Waals surface area contributed by atoms with Gasteiger partial charge in [0, 0.05) is 13.1 Å². The first-order chi connectivity index (χ1) is 8.60. The molecule has 2 aromatic heterocycles. The van der Waals surface area contributed by atoms with Crippen LogP contribution in [0.2, 0.25) is 0 Å². The zero-order valence-electron chi connectivity index (χ0n) is 9.38. The van der Waals surface area contributed by atoms with Crippen molar-refractivity contribution in [3.05, 3.63) is 16.9 Å². The Labute approximate surface area is 116 Å². The maximum Gasteiger partial charge on any atom is 0.197 e. The van der Waals surface area contributed by atoms with Crippen LogP contribution in [0.15, 0.2) is 27.0 Å². The van der Waals surface area contributed by atoms with Gasteiger partial charge in [-0.05, 0) is 27.7 Å². The van der Waals surface area contributed by atoms with Crippen molar-refractivity contribution < 1.29 is 0 Å². The van der Waals surface area contributed by atoms with E-state index < -0.39 is 0 Å². The number of nitrogens with one attached hydrogen (secondary N) is 1. The predicted molar refractivity (Wildman–Crippen MR) is 74.3 cm³/mol. The number of nitrogens with two attached hydrogens (primary N) is 2. The fraction of sp³-hybridized carbons (Fsp3) is 0.111. The zero-order valence-corrected chi connectivity index (χ0v) is 11.8. The lowest BCUT2D eigenvalue weighted by molar-refractivity contribution is 0.965. The number of halogens is 1. The summed E-state index contributed by atoms with van der Waals surface area (Å²) in [5.41, 5.74) is 11.2. The van der Waals surface area contributed by atoms with Gasteiger partial charge in [0.25, 0.3) is 0 Å². The minimum atomic E-state index is 0.323. The van der Waals surface area contributed by atoms with Gasteiger partial charge in [0.2, 0.25) is 0 Å². The average molecular weight is 328 g/mol. The summed E-state index contributed by atoms with van der Waals surface area (Å²) in [7, 11) is 1.77. The molecule has 2 heterocycles. The third kappa shape index (κ3) is 2.79. The van der Waals surface area contributed by atoms with E-state index in [1.807, 2.05) is 0 Å². The van der Waals surface area contributed by atoms with E-state index in [2.05, 4.69) is 41.2 Å². The molecular formula is C9H10BrN7S. The van der Waals surface area contributed by atoms with Crippen LogP contribution in [0.25, 0.3) is 0 Å². The molecule has 0 saturated carbocycles. The molecule has 5 N–H and O–H groups in total. The second kappa shape index (κ2) is 5.36. The summed E-state index contributed by atoms with van der Waals surface area (Å²) < 4.78 is 0.738. The van der Waals surface area contributed by atoms with Crippen LogP contribution in [-0.4, -0.2) is 27.0 Å². The highest BCUT2D eigenvalue weighted by molar-refractivity contribution is 9.10. The monoisotopic (exact) mass is 327 g/mol. The van der Waals surface area contributed by atoms with Crippen molar-refractivity contribution in [2.45, 2.75) is 10.2 Å². The van der Waals surface area contributed by atoms with Crippen LogP contribution >= 0.6 is 27.7 Å². The standard InChI is InChI=1S/C9H10BrN7S/c1-13-7-6(10)8(15-3-14-7)18-9-16-4(11)2-5(12)17-9/h2-3H,1H3,(H,13,14,15)(H4,11,12,16,17). The molecule has 0 saturated heterocycles. The van der Waals surface area contributed by atoms with E-state index in [1.54, 1.807) is 7.05 Å². The van der Waals surface area contributed by atoms with Crippen molar-refractivity contribution in [3.8, 4) is 0 Å². The topological polar surface area (TPSA) is 116 Å². The number of hydrogen-bond acceptors (Lipinski definition) is 8. The fourth-order valence-corrected chi connectivity index (χ4v) is 2.60. The lowest BCUT2D eigenvalue weighted by Crippen LogP contribution is -2.00. The number of hydrogen-bond donors (Lipinski definition) is 3. The largest absolute Gasteiger partial charge is 0.383 e. The molecule has 0 radical (unpaired) electrons. The van der Waals surface area contributed by atoms with Gasteiger partial charge in [-0.2, -0.15) is 0 Å². The van der Waals surface area contributed by atoms with Gasteiger partial charge in [-0.15, -0.1) is 0 Å². The average Bonchev–Trinajstić information content (AvgIpc) is 2.30. The normalized spacial score (nSPS) is 10.3. The molecule has 7 nitrogen and oxygen atoms in total. The third-order valence-corrected chi connectivity index (χ3v) is 3.81. The van der Waals surface area contributed by atoms with E-state index in [9.17, 15) is 0 Å².